The molecule has 0 amide bonds. The number of aliphatic hydroxyl groups excluding tert-OH is 1. The van der Waals surface area contributed by atoms with Crippen molar-refractivity contribution in [2.75, 3.05) is 0 Å². The Balaban J connectivity index is 0.000000364. The Morgan fingerprint density at radius 3 is 2.32 bits per heavy atom. The Kier molecular flexibility index (Phi) is 10.9. The van der Waals surface area contributed by atoms with Gasteiger partial charge in [0.15, 0.2) is 5.78 Å². The second kappa shape index (κ2) is 12.2. The summed E-state index contributed by atoms with van der Waals surface area (Å²) in [5.41, 5.74) is 5.00. The standard InChI is InChI=1S/C18H18NS.C11H20O2.Ir/c1-4-13(3)14-9-12(2)10-15(11-14)16-5-6-18-17(19-16)7-8-20-18;1-10(2,3)8(12)7-9(13)11(4,5)6;/h5-9,11,13H,4H2,1-3H3;7,12H,1-6H3;/q-1;;/b;8-7-;. The van der Waals surface area contributed by atoms with Crippen LogP contribution in [0.25, 0.3) is 21.5 Å². The first-order valence-corrected chi connectivity index (χ1v) is 12.4. The molecule has 0 aliphatic heterocycles. The van der Waals surface area contributed by atoms with Crippen LogP contribution in [0.5, 0.6) is 0 Å². The summed E-state index contributed by atoms with van der Waals surface area (Å²) >= 11 is 1.73. The third-order valence-electron chi connectivity index (χ3n) is 5.57. The fourth-order valence-corrected chi connectivity index (χ4v) is 3.69. The number of hydrogen-bond acceptors (Lipinski definition) is 4. The molecule has 0 saturated carbocycles. The number of carbonyl (C=O) groups is 1. The molecular formula is C29H38IrNO2S-. The van der Waals surface area contributed by atoms with Crippen molar-refractivity contribution in [3.63, 3.8) is 0 Å². The number of hydrogen-bond donors (Lipinski definition) is 1. The molecule has 3 rings (SSSR count). The largest absolute Gasteiger partial charge is 0.512 e. The number of thiophene rings is 1. The second-order valence-corrected chi connectivity index (χ2v) is 11.7. The van der Waals surface area contributed by atoms with Crippen molar-refractivity contribution in [3.05, 3.63) is 64.7 Å². The monoisotopic (exact) mass is 657 g/mol. The molecule has 1 N–H and O–H groups in total. The van der Waals surface area contributed by atoms with E-state index in [9.17, 15) is 9.90 Å². The van der Waals surface area contributed by atoms with Gasteiger partial charge in [0.1, 0.15) is 5.76 Å². The Morgan fingerprint density at radius 1 is 1.12 bits per heavy atom. The van der Waals surface area contributed by atoms with Gasteiger partial charge >= 0.3 is 0 Å². The van der Waals surface area contributed by atoms with Gasteiger partial charge in [-0.2, -0.15) is 0 Å². The van der Waals surface area contributed by atoms with Crippen LogP contribution in [0.15, 0.2) is 47.5 Å². The molecule has 1 atom stereocenters. The van der Waals surface area contributed by atoms with Crippen LogP contribution in [0.3, 0.4) is 0 Å². The maximum absolute atomic E-state index is 11.5. The molecule has 0 bridgehead atoms. The Hall–Kier alpha value is -1.81. The van der Waals surface area contributed by atoms with E-state index in [-0.39, 0.29) is 37.1 Å². The van der Waals surface area contributed by atoms with E-state index >= 15 is 0 Å². The number of allylic oxidation sites excluding steroid dienone is 2. The van der Waals surface area contributed by atoms with Gasteiger partial charge in [0.25, 0.3) is 0 Å². The van der Waals surface area contributed by atoms with Crippen molar-refractivity contribution in [1.29, 1.82) is 0 Å². The first kappa shape index (κ1) is 30.2. The zero-order valence-corrected chi connectivity index (χ0v) is 25.1. The molecule has 3 nitrogen and oxygen atoms in total. The minimum absolute atomic E-state index is 0. The van der Waals surface area contributed by atoms with Crippen molar-refractivity contribution in [3.8, 4) is 11.3 Å². The second-order valence-electron chi connectivity index (χ2n) is 10.7. The minimum Gasteiger partial charge on any atom is -0.512 e. The van der Waals surface area contributed by atoms with Crippen LogP contribution in [0.2, 0.25) is 0 Å². The van der Waals surface area contributed by atoms with Crippen molar-refractivity contribution >= 4 is 27.3 Å². The van der Waals surface area contributed by atoms with Gasteiger partial charge in [-0.15, -0.1) is 46.2 Å². The molecule has 187 valence electrons. The number of aryl methyl sites for hydroxylation is 1. The molecule has 34 heavy (non-hydrogen) atoms. The first-order chi connectivity index (χ1) is 15.2. The van der Waals surface area contributed by atoms with Crippen LogP contribution in [-0.2, 0) is 24.9 Å². The van der Waals surface area contributed by atoms with E-state index in [4.69, 9.17) is 4.98 Å². The molecule has 5 heteroatoms. The Morgan fingerprint density at radius 2 is 1.76 bits per heavy atom. The van der Waals surface area contributed by atoms with Gasteiger partial charge in [0, 0.05) is 37.0 Å². The Labute approximate surface area is 223 Å². The van der Waals surface area contributed by atoms with Crippen LogP contribution in [0, 0.1) is 23.8 Å². The number of nitrogens with zero attached hydrogens (tertiary/aromatic N) is 1. The molecule has 3 aromatic rings. The zero-order chi connectivity index (χ0) is 25.0. The summed E-state index contributed by atoms with van der Waals surface area (Å²) in [4.78, 5) is 16.2. The van der Waals surface area contributed by atoms with Gasteiger partial charge in [0.2, 0.25) is 0 Å². The van der Waals surface area contributed by atoms with Gasteiger partial charge < -0.3 is 5.11 Å². The van der Waals surface area contributed by atoms with Crippen LogP contribution >= 0.6 is 11.3 Å². The molecule has 1 radical (unpaired) electrons. The number of rotatable bonds is 4. The van der Waals surface area contributed by atoms with E-state index in [1.807, 2.05) is 41.5 Å². The SMILES string of the molecule is CC(C)(C)C(=O)/C=C(\O)C(C)(C)C.CCC(C)c1cc(C)[c-]c(-c2ccc3sccc3n2)c1.[Ir]. The van der Waals surface area contributed by atoms with E-state index in [0.717, 1.165) is 23.2 Å². The van der Waals surface area contributed by atoms with E-state index < -0.39 is 5.41 Å². The quantitative estimate of drug-likeness (QED) is 0.174. The average molecular weight is 657 g/mol. The number of aromatic nitrogens is 1. The molecule has 1 unspecified atom stereocenters. The molecule has 0 fully saturated rings. The predicted octanol–water partition coefficient (Wildman–Crippen LogP) is 8.67. The molecule has 0 aliphatic carbocycles. The fourth-order valence-electron chi connectivity index (χ4n) is 2.96. The van der Waals surface area contributed by atoms with E-state index in [2.05, 4.69) is 62.5 Å². The molecule has 0 spiro atoms. The molecule has 2 aromatic heterocycles. The van der Waals surface area contributed by atoms with Gasteiger partial charge in [-0.25, -0.2) is 0 Å². The first-order valence-electron chi connectivity index (χ1n) is 11.6. The van der Waals surface area contributed by atoms with Gasteiger partial charge in [0.05, 0.1) is 10.2 Å². The minimum atomic E-state index is -0.417. The van der Waals surface area contributed by atoms with E-state index in [1.54, 1.807) is 11.3 Å². The van der Waals surface area contributed by atoms with Crippen molar-refractivity contribution in [1.82, 2.24) is 4.98 Å². The van der Waals surface area contributed by atoms with Gasteiger partial charge in [-0.1, -0.05) is 74.8 Å². The molecule has 2 heterocycles. The van der Waals surface area contributed by atoms with Gasteiger partial charge in [-0.05, 0) is 29.1 Å². The number of carbonyl (C=O) groups excluding carboxylic acids is 1. The van der Waals surface area contributed by atoms with Crippen LogP contribution in [-0.4, -0.2) is 15.9 Å². The average Bonchev–Trinajstić information content (AvgIpc) is 3.19. The third-order valence-corrected chi connectivity index (χ3v) is 6.44. The summed E-state index contributed by atoms with van der Waals surface area (Å²) in [5, 5.41) is 11.6. The topological polar surface area (TPSA) is 50.2 Å². The summed E-state index contributed by atoms with van der Waals surface area (Å²) in [7, 11) is 0. The summed E-state index contributed by atoms with van der Waals surface area (Å²) in [5.74, 6) is 0.680. The number of benzene rings is 1. The van der Waals surface area contributed by atoms with Crippen molar-refractivity contribution in [2.45, 2.75) is 74.7 Å². The molecular weight excluding hydrogens is 619 g/mol. The predicted molar refractivity (Wildman–Crippen MR) is 142 cm³/mol. The smallest absolute Gasteiger partial charge is 0.164 e. The summed E-state index contributed by atoms with van der Waals surface area (Å²) in [6.45, 7) is 17.7. The van der Waals surface area contributed by atoms with Gasteiger partial charge in [-0.3, -0.25) is 9.78 Å². The van der Waals surface area contributed by atoms with E-state index in [0.29, 0.717) is 5.92 Å². The molecule has 1 aromatic carbocycles. The maximum atomic E-state index is 11.5. The van der Waals surface area contributed by atoms with E-state index in [1.165, 1.54) is 21.9 Å². The maximum Gasteiger partial charge on any atom is 0.164 e. The number of pyridine rings is 1. The van der Waals surface area contributed by atoms with Crippen molar-refractivity contribution in [2.24, 2.45) is 10.8 Å². The number of aliphatic hydroxyl groups is 1. The Bertz CT molecular complexity index is 1130. The molecule has 0 aliphatic rings. The zero-order valence-electron chi connectivity index (χ0n) is 21.9. The van der Waals surface area contributed by atoms with Crippen LogP contribution in [0.4, 0.5) is 0 Å². The summed E-state index contributed by atoms with van der Waals surface area (Å²) < 4.78 is 1.24. The number of ketones is 1. The normalized spacial score (nSPS) is 13.0. The van der Waals surface area contributed by atoms with Crippen molar-refractivity contribution < 1.29 is 30.0 Å². The number of fused-ring (bicyclic) bond motifs is 1. The van der Waals surface area contributed by atoms with Crippen LogP contribution < -0.4 is 0 Å². The molecule has 0 saturated heterocycles. The fraction of sp³-hybridized carbons (Fsp3) is 0.448. The summed E-state index contributed by atoms with van der Waals surface area (Å²) in [6, 6.07) is 14.2. The third kappa shape index (κ3) is 8.44. The summed E-state index contributed by atoms with van der Waals surface area (Å²) in [6.07, 6.45) is 2.49. The van der Waals surface area contributed by atoms with Crippen LogP contribution in [0.1, 0.15) is 78.9 Å².